The van der Waals surface area contributed by atoms with Gasteiger partial charge in [-0.05, 0) is 24.8 Å². The van der Waals surface area contributed by atoms with Gasteiger partial charge in [0.1, 0.15) is 0 Å². The Kier molecular flexibility index (Phi) is 3.75. The summed E-state index contributed by atoms with van der Waals surface area (Å²) < 4.78 is 0. The first kappa shape index (κ1) is 11.6. The molecule has 0 N–H and O–H groups in total. The summed E-state index contributed by atoms with van der Waals surface area (Å²) >= 11 is 0. The maximum Gasteiger partial charge on any atom is 0.0991 e. The van der Waals surface area contributed by atoms with Gasteiger partial charge in [0.2, 0.25) is 0 Å². The molecular formula is C14H15N3. The van der Waals surface area contributed by atoms with Crippen LogP contribution < -0.4 is 0 Å². The fourth-order valence-electron chi connectivity index (χ4n) is 2.35. The number of rotatable bonds is 2. The molecule has 0 aliphatic carbocycles. The smallest absolute Gasteiger partial charge is 0.0991 e. The second kappa shape index (κ2) is 5.48. The average molecular weight is 225 g/mol. The average Bonchev–Trinajstić information content (AvgIpc) is 2.40. The van der Waals surface area contributed by atoms with E-state index in [1.807, 2.05) is 35.2 Å². The van der Waals surface area contributed by atoms with Crippen molar-refractivity contribution in [3.63, 3.8) is 0 Å². The monoisotopic (exact) mass is 225 g/mol. The lowest BCUT2D eigenvalue weighted by molar-refractivity contribution is 0.136. The van der Waals surface area contributed by atoms with Gasteiger partial charge in [0.25, 0.3) is 0 Å². The normalized spacial score (nSPS) is 24.8. The Morgan fingerprint density at radius 2 is 1.65 bits per heavy atom. The van der Waals surface area contributed by atoms with Crippen molar-refractivity contribution in [2.75, 3.05) is 0 Å². The number of benzene rings is 1. The van der Waals surface area contributed by atoms with Crippen LogP contribution in [-0.4, -0.2) is 17.0 Å². The van der Waals surface area contributed by atoms with E-state index in [4.69, 9.17) is 10.5 Å². The zero-order chi connectivity index (χ0) is 12.1. The number of hydrogen-bond acceptors (Lipinski definition) is 3. The van der Waals surface area contributed by atoms with Crippen LogP contribution in [0.4, 0.5) is 0 Å². The maximum absolute atomic E-state index is 9.15. The zero-order valence-electron chi connectivity index (χ0n) is 9.71. The van der Waals surface area contributed by atoms with Crippen molar-refractivity contribution >= 4 is 0 Å². The summed E-state index contributed by atoms with van der Waals surface area (Å²) in [5, 5.41) is 18.3. The quantitative estimate of drug-likeness (QED) is 0.776. The predicted octanol–water partition coefficient (Wildman–Crippen LogP) is 2.46. The van der Waals surface area contributed by atoms with Crippen LogP contribution >= 0.6 is 0 Å². The van der Waals surface area contributed by atoms with Crippen LogP contribution in [-0.2, 0) is 6.54 Å². The molecule has 86 valence electrons. The number of piperidine rings is 1. The van der Waals surface area contributed by atoms with Crippen LogP contribution in [0.5, 0.6) is 0 Å². The van der Waals surface area contributed by atoms with E-state index in [0.29, 0.717) is 6.54 Å². The Morgan fingerprint density at radius 1 is 1.06 bits per heavy atom. The molecule has 0 amide bonds. The van der Waals surface area contributed by atoms with E-state index in [-0.39, 0.29) is 12.1 Å². The van der Waals surface area contributed by atoms with Crippen molar-refractivity contribution in [1.29, 1.82) is 10.5 Å². The first-order chi connectivity index (χ1) is 8.35. The Bertz CT molecular complexity index is 419. The summed E-state index contributed by atoms with van der Waals surface area (Å²) in [6.07, 6.45) is 2.73. The topological polar surface area (TPSA) is 50.8 Å². The van der Waals surface area contributed by atoms with E-state index < -0.39 is 0 Å². The predicted molar refractivity (Wildman–Crippen MR) is 64.6 cm³/mol. The Balaban J connectivity index is 2.15. The van der Waals surface area contributed by atoms with Gasteiger partial charge in [0, 0.05) is 6.54 Å². The summed E-state index contributed by atoms with van der Waals surface area (Å²) in [6.45, 7) is 0.692. The van der Waals surface area contributed by atoms with Gasteiger partial charge in [-0.15, -0.1) is 0 Å². The molecule has 1 aliphatic heterocycles. The number of likely N-dealkylation sites (tertiary alicyclic amines) is 1. The van der Waals surface area contributed by atoms with Gasteiger partial charge in [-0.25, -0.2) is 0 Å². The van der Waals surface area contributed by atoms with E-state index in [2.05, 4.69) is 12.1 Å². The minimum absolute atomic E-state index is 0.117. The Morgan fingerprint density at radius 3 is 2.18 bits per heavy atom. The van der Waals surface area contributed by atoms with E-state index in [0.717, 1.165) is 24.8 Å². The molecule has 1 fully saturated rings. The van der Waals surface area contributed by atoms with Crippen molar-refractivity contribution < 1.29 is 0 Å². The zero-order valence-corrected chi connectivity index (χ0v) is 9.71. The number of hydrogen-bond donors (Lipinski definition) is 0. The van der Waals surface area contributed by atoms with Gasteiger partial charge in [-0.3, -0.25) is 4.90 Å². The van der Waals surface area contributed by atoms with Crippen LogP contribution in [0.3, 0.4) is 0 Å². The molecule has 0 spiro atoms. The van der Waals surface area contributed by atoms with Gasteiger partial charge in [0.15, 0.2) is 0 Å². The van der Waals surface area contributed by atoms with Gasteiger partial charge in [-0.1, -0.05) is 30.3 Å². The number of nitriles is 2. The van der Waals surface area contributed by atoms with Crippen LogP contribution in [0, 0.1) is 22.7 Å². The van der Waals surface area contributed by atoms with Crippen molar-refractivity contribution in [2.45, 2.75) is 37.9 Å². The molecule has 1 aliphatic rings. The van der Waals surface area contributed by atoms with Gasteiger partial charge >= 0.3 is 0 Å². The second-order valence-corrected chi connectivity index (χ2v) is 4.38. The third kappa shape index (κ3) is 2.64. The highest BCUT2D eigenvalue weighted by atomic mass is 15.2. The van der Waals surface area contributed by atoms with Gasteiger partial charge in [0.05, 0.1) is 24.2 Å². The molecule has 0 bridgehead atoms. The minimum Gasteiger partial charge on any atom is -0.268 e. The molecule has 1 aromatic carbocycles. The van der Waals surface area contributed by atoms with Crippen molar-refractivity contribution in [2.24, 2.45) is 0 Å². The molecule has 0 unspecified atom stereocenters. The molecule has 2 atom stereocenters. The third-order valence-corrected chi connectivity index (χ3v) is 3.26. The van der Waals surface area contributed by atoms with Crippen molar-refractivity contribution in [1.82, 2.24) is 4.90 Å². The van der Waals surface area contributed by atoms with Gasteiger partial charge < -0.3 is 0 Å². The Hall–Kier alpha value is -1.84. The molecule has 1 saturated heterocycles. The fraction of sp³-hybridized carbons (Fsp3) is 0.429. The lowest BCUT2D eigenvalue weighted by Gasteiger charge is -2.35. The highest BCUT2D eigenvalue weighted by molar-refractivity contribution is 5.16. The highest BCUT2D eigenvalue weighted by Crippen LogP contribution is 2.24. The largest absolute Gasteiger partial charge is 0.268 e. The number of nitrogens with zero attached hydrogens (tertiary/aromatic N) is 3. The van der Waals surface area contributed by atoms with Crippen molar-refractivity contribution in [3.8, 4) is 12.1 Å². The SMILES string of the molecule is N#C[C@@H]1CCC[C@@H](C#N)N1Cc1ccccc1. The van der Waals surface area contributed by atoms with Crippen LogP contribution in [0.25, 0.3) is 0 Å². The summed E-state index contributed by atoms with van der Waals surface area (Å²) in [5.41, 5.74) is 1.16. The molecule has 0 saturated carbocycles. The van der Waals surface area contributed by atoms with Crippen LogP contribution in [0.1, 0.15) is 24.8 Å². The summed E-state index contributed by atoms with van der Waals surface area (Å²) in [6, 6.07) is 14.4. The standard InChI is InChI=1S/C14H15N3/c15-9-13-7-4-8-14(10-16)17(13)11-12-5-2-1-3-6-12/h1-3,5-6,13-14H,4,7-8,11H2/t13-,14-/m0/s1. The molecule has 1 heterocycles. The van der Waals surface area contributed by atoms with E-state index in [1.165, 1.54) is 0 Å². The molecule has 1 aromatic rings. The molecule has 0 radical (unpaired) electrons. The molecular weight excluding hydrogens is 210 g/mol. The van der Waals surface area contributed by atoms with E-state index in [1.54, 1.807) is 0 Å². The summed E-state index contributed by atoms with van der Waals surface area (Å²) in [7, 11) is 0. The van der Waals surface area contributed by atoms with Crippen molar-refractivity contribution in [3.05, 3.63) is 35.9 Å². The first-order valence-corrected chi connectivity index (χ1v) is 5.94. The summed E-state index contributed by atoms with van der Waals surface area (Å²) in [4.78, 5) is 2.03. The first-order valence-electron chi connectivity index (χ1n) is 5.94. The lowest BCUT2D eigenvalue weighted by Crippen LogP contribution is -2.44. The summed E-state index contributed by atoms with van der Waals surface area (Å²) in [5.74, 6) is 0. The second-order valence-electron chi connectivity index (χ2n) is 4.38. The molecule has 3 heteroatoms. The van der Waals surface area contributed by atoms with Crippen LogP contribution in [0.15, 0.2) is 30.3 Å². The molecule has 2 rings (SSSR count). The van der Waals surface area contributed by atoms with Gasteiger partial charge in [-0.2, -0.15) is 10.5 Å². The maximum atomic E-state index is 9.15. The third-order valence-electron chi connectivity index (χ3n) is 3.26. The Labute approximate surface area is 102 Å². The van der Waals surface area contributed by atoms with E-state index in [9.17, 15) is 0 Å². The molecule has 0 aromatic heterocycles. The fourth-order valence-corrected chi connectivity index (χ4v) is 2.35. The molecule has 17 heavy (non-hydrogen) atoms. The minimum atomic E-state index is -0.117. The highest BCUT2D eigenvalue weighted by Gasteiger charge is 2.30. The van der Waals surface area contributed by atoms with E-state index >= 15 is 0 Å². The molecule has 3 nitrogen and oxygen atoms in total. The lowest BCUT2D eigenvalue weighted by atomic mass is 9.96. The van der Waals surface area contributed by atoms with Crippen LogP contribution in [0.2, 0.25) is 0 Å².